The summed E-state index contributed by atoms with van der Waals surface area (Å²) in [4.78, 5) is 1.67. The molecule has 0 bridgehead atoms. The second-order valence-corrected chi connectivity index (χ2v) is 6.18. The molecule has 118 valence electrons. The van der Waals surface area contributed by atoms with Crippen molar-refractivity contribution in [3.63, 3.8) is 0 Å². The summed E-state index contributed by atoms with van der Waals surface area (Å²) in [6, 6.07) is 16.1. The summed E-state index contributed by atoms with van der Waals surface area (Å²) in [5.74, 6) is 0.807. The van der Waals surface area contributed by atoms with Gasteiger partial charge in [-0.1, -0.05) is 24.3 Å². The zero-order chi connectivity index (χ0) is 16.5. The zero-order valence-corrected chi connectivity index (χ0v) is 13.2. The summed E-state index contributed by atoms with van der Waals surface area (Å²) in [6.45, 7) is 0. The Bertz CT molecular complexity index is 996. The van der Waals surface area contributed by atoms with Crippen LogP contribution in [0.3, 0.4) is 0 Å². The molecule has 0 aliphatic heterocycles. The number of nitrogens with one attached hydrogen (secondary N) is 1. The Hall–Kier alpha value is -3.19. The molecule has 2 aromatic carbocycles. The number of aromatic nitrogens is 4. The van der Waals surface area contributed by atoms with Crippen LogP contribution in [0.25, 0.3) is 32.3 Å². The molecule has 2 heterocycles. The van der Waals surface area contributed by atoms with E-state index in [1.54, 1.807) is 24.3 Å². The fourth-order valence-corrected chi connectivity index (χ4v) is 3.74. The van der Waals surface area contributed by atoms with Crippen LogP contribution in [-0.4, -0.2) is 30.8 Å². The molecule has 0 saturated heterocycles. The lowest BCUT2D eigenvalue weighted by molar-refractivity contribution is 0.477. The Labute approximate surface area is 141 Å². The number of aromatic hydroxyl groups is 2. The Morgan fingerprint density at radius 2 is 1.50 bits per heavy atom. The molecule has 4 aromatic rings. The van der Waals surface area contributed by atoms with Gasteiger partial charge in [-0.05, 0) is 35.5 Å². The highest BCUT2D eigenvalue weighted by atomic mass is 32.1. The van der Waals surface area contributed by atoms with Crippen LogP contribution in [0.2, 0.25) is 0 Å². The van der Waals surface area contributed by atoms with Gasteiger partial charge in [-0.3, -0.25) is 0 Å². The lowest BCUT2D eigenvalue weighted by atomic mass is 10.1. The standard InChI is InChI=1S/C17H12N4O2S/c22-13-7-3-1-5-10(13)15-9-12(17-18-20-21-19-17)16(24-15)11-6-2-4-8-14(11)23/h1-9,22-23H,(H,18,19,20,21). The Balaban J connectivity index is 1.96. The Morgan fingerprint density at radius 1 is 0.833 bits per heavy atom. The van der Waals surface area contributed by atoms with Crippen LogP contribution in [0.5, 0.6) is 11.5 Å². The number of nitrogens with zero attached hydrogens (tertiary/aromatic N) is 3. The van der Waals surface area contributed by atoms with Crippen LogP contribution in [0, 0.1) is 0 Å². The summed E-state index contributed by atoms with van der Waals surface area (Å²) in [5, 5.41) is 34.5. The second kappa shape index (κ2) is 5.78. The smallest absolute Gasteiger partial charge is 0.206 e. The molecule has 0 fully saturated rings. The number of phenolic OH excluding ortho intramolecular Hbond substituents is 2. The van der Waals surface area contributed by atoms with E-state index < -0.39 is 0 Å². The molecule has 0 saturated carbocycles. The van der Waals surface area contributed by atoms with Gasteiger partial charge in [0.25, 0.3) is 0 Å². The molecule has 2 aromatic heterocycles. The van der Waals surface area contributed by atoms with Crippen LogP contribution in [0.15, 0.2) is 54.6 Å². The number of thiophene rings is 1. The fourth-order valence-electron chi connectivity index (χ4n) is 2.51. The molecule has 6 nitrogen and oxygen atoms in total. The molecule has 24 heavy (non-hydrogen) atoms. The van der Waals surface area contributed by atoms with E-state index in [4.69, 9.17) is 0 Å². The molecule has 0 aliphatic rings. The molecule has 0 amide bonds. The Morgan fingerprint density at radius 3 is 2.12 bits per heavy atom. The summed E-state index contributed by atoms with van der Waals surface area (Å²) in [6.07, 6.45) is 0. The summed E-state index contributed by atoms with van der Waals surface area (Å²) < 4.78 is 0. The molecule has 0 radical (unpaired) electrons. The van der Waals surface area contributed by atoms with Gasteiger partial charge in [-0.15, -0.1) is 21.5 Å². The van der Waals surface area contributed by atoms with Gasteiger partial charge in [0.1, 0.15) is 11.5 Å². The van der Waals surface area contributed by atoms with Crippen LogP contribution in [0.1, 0.15) is 0 Å². The first kappa shape index (κ1) is 14.4. The van der Waals surface area contributed by atoms with Gasteiger partial charge in [0.05, 0.1) is 0 Å². The molecule has 0 unspecified atom stereocenters. The number of phenols is 2. The second-order valence-electron chi connectivity index (χ2n) is 5.12. The van der Waals surface area contributed by atoms with Crippen LogP contribution in [-0.2, 0) is 0 Å². The van der Waals surface area contributed by atoms with E-state index in [0.29, 0.717) is 17.0 Å². The molecule has 0 aliphatic carbocycles. The van der Waals surface area contributed by atoms with Gasteiger partial charge in [0.2, 0.25) is 5.82 Å². The predicted molar refractivity (Wildman–Crippen MR) is 91.7 cm³/mol. The molecule has 4 rings (SSSR count). The highest BCUT2D eigenvalue weighted by Crippen LogP contribution is 2.46. The number of rotatable bonds is 3. The largest absolute Gasteiger partial charge is 0.507 e. The van der Waals surface area contributed by atoms with E-state index in [-0.39, 0.29) is 11.5 Å². The quantitative estimate of drug-likeness (QED) is 0.530. The van der Waals surface area contributed by atoms with E-state index in [1.807, 2.05) is 30.3 Å². The first-order valence-corrected chi connectivity index (χ1v) is 8.00. The van der Waals surface area contributed by atoms with Crippen molar-refractivity contribution in [1.29, 1.82) is 0 Å². The monoisotopic (exact) mass is 336 g/mol. The number of tetrazole rings is 1. The van der Waals surface area contributed by atoms with E-state index in [9.17, 15) is 10.2 Å². The van der Waals surface area contributed by atoms with Gasteiger partial charge in [-0.2, -0.15) is 5.21 Å². The van der Waals surface area contributed by atoms with Crippen molar-refractivity contribution in [3.8, 4) is 43.8 Å². The number of hydrogen-bond donors (Lipinski definition) is 3. The maximum absolute atomic E-state index is 10.2. The topological polar surface area (TPSA) is 94.9 Å². The fraction of sp³-hybridized carbons (Fsp3) is 0. The van der Waals surface area contributed by atoms with Crippen LogP contribution < -0.4 is 0 Å². The van der Waals surface area contributed by atoms with Crippen molar-refractivity contribution in [1.82, 2.24) is 20.6 Å². The summed E-state index contributed by atoms with van der Waals surface area (Å²) >= 11 is 1.45. The third-order valence-electron chi connectivity index (χ3n) is 3.64. The predicted octanol–water partition coefficient (Wildman–Crippen LogP) is 3.67. The van der Waals surface area contributed by atoms with Gasteiger partial charge < -0.3 is 10.2 Å². The maximum Gasteiger partial charge on any atom is 0.206 e. The van der Waals surface area contributed by atoms with Crippen LogP contribution >= 0.6 is 11.3 Å². The van der Waals surface area contributed by atoms with Crippen molar-refractivity contribution < 1.29 is 10.2 Å². The van der Waals surface area contributed by atoms with Crippen molar-refractivity contribution in [3.05, 3.63) is 54.6 Å². The molecule has 3 N–H and O–H groups in total. The van der Waals surface area contributed by atoms with Crippen molar-refractivity contribution in [2.45, 2.75) is 0 Å². The first-order chi connectivity index (χ1) is 11.7. The normalized spacial score (nSPS) is 10.8. The summed E-state index contributed by atoms with van der Waals surface area (Å²) in [5.41, 5.74) is 2.14. The highest BCUT2D eigenvalue weighted by Gasteiger charge is 2.19. The van der Waals surface area contributed by atoms with Gasteiger partial charge in [0, 0.05) is 26.4 Å². The van der Waals surface area contributed by atoms with Crippen molar-refractivity contribution >= 4 is 11.3 Å². The third kappa shape index (κ3) is 2.40. The van der Waals surface area contributed by atoms with E-state index >= 15 is 0 Å². The van der Waals surface area contributed by atoms with Gasteiger partial charge in [0.15, 0.2) is 0 Å². The SMILES string of the molecule is Oc1ccccc1-c1cc(-c2nn[nH]n2)c(-c2ccccc2O)s1. The lowest BCUT2D eigenvalue weighted by Gasteiger charge is -2.03. The minimum Gasteiger partial charge on any atom is -0.507 e. The third-order valence-corrected chi connectivity index (χ3v) is 4.84. The summed E-state index contributed by atoms with van der Waals surface area (Å²) in [7, 11) is 0. The number of hydrogen-bond acceptors (Lipinski definition) is 6. The molecular weight excluding hydrogens is 324 g/mol. The van der Waals surface area contributed by atoms with E-state index in [1.165, 1.54) is 11.3 Å². The average molecular weight is 336 g/mol. The van der Waals surface area contributed by atoms with E-state index in [2.05, 4.69) is 20.6 Å². The van der Waals surface area contributed by atoms with Crippen molar-refractivity contribution in [2.75, 3.05) is 0 Å². The molecule has 7 heteroatoms. The van der Waals surface area contributed by atoms with Crippen molar-refractivity contribution in [2.24, 2.45) is 0 Å². The zero-order valence-electron chi connectivity index (χ0n) is 12.3. The van der Waals surface area contributed by atoms with E-state index in [0.717, 1.165) is 15.3 Å². The minimum absolute atomic E-state index is 0.174. The lowest BCUT2D eigenvalue weighted by Crippen LogP contribution is -1.82. The first-order valence-electron chi connectivity index (χ1n) is 7.18. The van der Waals surface area contributed by atoms with Gasteiger partial charge in [-0.25, -0.2) is 0 Å². The maximum atomic E-state index is 10.2. The Kier molecular flexibility index (Phi) is 3.47. The van der Waals surface area contributed by atoms with Gasteiger partial charge >= 0.3 is 0 Å². The highest BCUT2D eigenvalue weighted by molar-refractivity contribution is 7.19. The van der Waals surface area contributed by atoms with Crippen LogP contribution in [0.4, 0.5) is 0 Å². The number of benzene rings is 2. The average Bonchev–Trinajstić information content (AvgIpc) is 3.25. The number of aromatic amines is 1. The minimum atomic E-state index is 0.174. The molecular formula is C17H12N4O2S. The molecule has 0 atom stereocenters. The number of para-hydroxylation sites is 2. The molecule has 0 spiro atoms. The number of H-pyrrole nitrogens is 1.